The van der Waals surface area contributed by atoms with E-state index in [0.717, 1.165) is 6.42 Å². The molecule has 2 aliphatic heterocycles. The second-order valence-corrected chi connectivity index (χ2v) is 7.65. The Bertz CT molecular complexity index is 380. The van der Waals surface area contributed by atoms with Gasteiger partial charge < -0.3 is 10.2 Å². The number of hydrogen-bond acceptors (Lipinski definition) is 4. The Morgan fingerprint density at radius 1 is 0.889 bits per heavy atom. The first-order valence-electron chi connectivity index (χ1n) is 6.42. The summed E-state index contributed by atoms with van der Waals surface area (Å²) < 4.78 is 27.5. The van der Waals surface area contributed by atoms with Gasteiger partial charge in [-0.05, 0) is 18.3 Å². The maximum Gasteiger partial charge on any atom is 0.282 e. The van der Waals surface area contributed by atoms with Crippen molar-refractivity contribution in [2.24, 2.45) is 11.8 Å². The summed E-state index contributed by atoms with van der Waals surface area (Å²) >= 11 is 0. The van der Waals surface area contributed by atoms with Crippen LogP contribution in [0.4, 0.5) is 0 Å². The molecule has 18 heavy (non-hydrogen) atoms. The summed E-state index contributed by atoms with van der Waals surface area (Å²) in [7, 11) is -3.55. The Morgan fingerprint density at radius 3 is 1.72 bits per heavy atom. The van der Waals surface area contributed by atoms with Gasteiger partial charge in [0.25, 0.3) is 10.2 Å². The fourth-order valence-electron chi connectivity index (χ4n) is 2.88. The molecule has 0 radical (unpaired) electrons. The highest BCUT2D eigenvalue weighted by atomic mass is 32.2. The molecular formula is C11H22N2O4S. The minimum absolute atomic E-state index is 0.0111. The molecule has 0 saturated carbocycles. The zero-order valence-corrected chi connectivity index (χ0v) is 11.7. The van der Waals surface area contributed by atoms with Crippen LogP contribution in [0.25, 0.3) is 0 Å². The number of rotatable bonds is 2. The Labute approximate surface area is 108 Å². The Kier molecular flexibility index (Phi) is 3.99. The highest BCUT2D eigenvalue weighted by Crippen LogP contribution is 2.26. The number of aliphatic hydroxyl groups excluding tert-OH is 2. The molecule has 106 valence electrons. The van der Waals surface area contributed by atoms with Gasteiger partial charge in [-0.2, -0.15) is 17.0 Å². The lowest BCUT2D eigenvalue weighted by molar-refractivity contribution is 0.0572. The van der Waals surface area contributed by atoms with Crippen LogP contribution in [-0.4, -0.2) is 65.6 Å². The third-order valence-corrected chi connectivity index (χ3v) is 5.61. The van der Waals surface area contributed by atoms with Crippen molar-refractivity contribution in [1.82, 2.24) is 8.61 Å². The fourth-order valence-corrected chi connectivity index (χ4v) is 4.78. The van der Waals surface area contributed by atoms with Crippen LogP contribution in [0.2, 0.25) is 0 Å². The molecule has 7 heteroatoms. The van der Waals surface area contributed by atoms with Crippen molar-refractivity contribution >= 4 is 10.2 Å². The first-order valence-corrected chi connectivity index (χ1v) is 7.81. The van der Waals surface area contributed by atoms with E-state index in [9.17, 15) is 18.6 Å². The highest BCUT2D eigenvalue weighted by molar-refractivity contribution is 7.86. The van der Waals surface area contributed by atoms with Gasteiger partial charge in [-0.15, -0.1) is 0 Å². The first-order chi connectivity index (χ1) is 8.30. The van der Waals surface area contributed by atoms with Crippen LogP contribution in [0.1, 0.15) is 20.3 Å². The quantitative estimate of drug-likeness (QED) is 0.696. The third kappa shape index (κ3) is 2.70. The van der Waals surface area contributed by atoms with E-state index in [0.29, 0.717) is 24.9 Å². The van der Waals surface area contributed by atoms with Crippen molar-refractivity contribution in [3.63, 3.8) is 0 Å². The first kappa shape index (κ1) is 14.2. The minimum Gasteiger partial charge on any atom is -0.389 e. The highest BCUT2D eigenvalue weighted by Gasteiger charge is 2.41. The number of β-amino-alcohol motifs (C(OH)–C–C–N with tert-alkyl or cyclic N) is 2. The Hall–Kier alpha value is -0.210. The van der Waals surface area contributed by atoms with E-state index in [1.54, 1.807) is 0 Å². The van der Waals surface area contributed by atoms with Gasteiger partial charge in [-0.3, -0.25) is 0 Å². The molecule has 2 heterocycles. The standard InChI is InChI=1S/C11H22N2O4S/c1-8-3-9(2)5-12(4-8)18(16,17)13-6-10(14)11(15)7-13/h8-11,14-15H,3-7H2,1-2H3/t8?,9?,10-,11+. The summed E-state index contributed by atoms with van der Waals surface area (Å²) in [5.41, 5.74) is 0. The monoisotopic (exact) mass is 278 g/mol. The summed E-state index contributed by atoms with van der Waals surface area (Å²) in [6, 6.07) is 0. The molecule has 2 saturated heterocycles. The molecule has 0 aromatic heterocycles. The van der Waals surface area contributed by atoms with E-state index in [2.05, 4.69) is 0 Å². The molecule has 2 fully saturated rings. The summed E-state index contributed by atoms with van der Waals surface area (Å²) in [6.45, 7) is 5.12. The van der Waals surface area contributed by atoms with Gasteiger partial charge in [0.2, 0.25) is 0 Å². The van der Waals surface area contributed by atoms with Gasteiger partial charge in [-0.25, -0.2) is 0 Å². The summed E-state index contributed by atoms with van der Waals surface area (Å²) in [5.74, 6) is 0.696. The van der Waals surface area contributed by atoms with Gasteiger partial charge in [0, 0.05) is 26.2 Å². The lowest BCUT2D eigenvalue weighted by Crippen LogP contribution is -2.49. The Morgan fingerprint density at radius 2 is 1.28 bits per heavy atom. The van der Waals surface area contributed by atoms with Crippen molar-refractivity contribution < 1.29 is 18.6 Å². The summed E-state index contributed by atoms with van der Waals surface area (Å²) in [4.78, 5) is 0. The van der Waals surface area contributed by atoms with Gasteiger partial charge in [0.05, 0.1) is 12.2 Å². The van der Waals surface area contributed by atoms with Crippen LogP contribution in [0.5, 0.6) is 0 Å². The van der Waals surface area contributed by atoms with E-state index >= 15 is 0 Å². The van der Waals surface area contributed by atoms with Gasteiger partial charge in [0.15, 0.2) is 0 Å². The average molecular weight is 278 g/mol. The van der Waals surface area contributed by atoms with Crippen LogP contribution >= 0.6 is 0 Å². The molecule has 2 unspecified atom stereocenters. The van der Waals surface area contributed by atoms with E-state index in [1.165, 1.54) is 8.61 Å². The maximum atomic E-state index is 12.4. The molecule has 0 bridgehead atoms. The molecule has 6 nitrogen and oxygen atoms in total. The van der Waals surface area contributed by atoms with Crippen LogP contribution < -0.4 is 0 Å². The van der Waals surface area contributed by atoms with Crippen LogP contribution in [0.3, 0.4) is 0 Å². The van der Waals surface area contributed by atoms with Gasteiger partial charge in [-0.1, -0.05) is 13.8 Å². The molecule has 2 rings (SSSR count). The molecule has 0 aromatic carbocycles. The molecule has 0 amide bonds. The van der Waals surface area contributed by atoms with Gasteiger partial charge >= 0.3 is 0 Å². The smallest absolute Gasteiger partial charge is 0.282 e. The van der Waals surface area contributed by atoms with E-state index in [-0.39, 0.29) is 13.1 Å². The second kappa shape index (κ2) is 5.05. The van der Waals surface area contributed by atoms with E-state index < -0.39 is 22.4 Å². The van der Waals surface area contributed by atoms with Crippen LogP contribution in [-0.2, 0) is 10.2 Å². The summed E-state index contributed by atoms with van der Waals surface area (Å²) in [6.07, 6.45) is -0.907. The average Bonchev–Trinajstić information content (AvgIpc) is 2.58. The van der Waals surface area contributed by atoms with Crippen molar-refractivity contribution in [3.8, 4) is 0 Å². The lowest BCUT2D eigenvalue weighted by Gasteiger charge is -2.36. The molecular weight excluding hydrogens is 256 g/mol. The number of aliphatic hydroxyl groups is 2. The second-order valence-electron chi connectivity index (χ2n) is 5.72. The van der Waals surface area contributed by atoms with Crippen molar-refractivity contribution in [2.75, 3.05) is 26.2 Å². The lowest BCUT2D eigenvalue weighted by atomic mass is 9.94. The SMILES string of the molecule is CC1CC(C)CN(S(=O)(=O)N2C[C@@H](O)[C@@H](O)C2)C1. The van der Waals surface area contributed by atoms with E-state index in [1.807, 2.05) is 13.8 Å². The molecule has 2 N–H and O–H groups in total. The third-order valence-electron chi connectivity index (χ3n) is 3.71. The number of nitrogens with zero attached hydrogens (tertiary/aromatic N) is 2. The molecule has 0 aromatic rings. The van der Waals surface area contributed by atoms with Crippen molar-refractivity contribution in [1.29, 1.82) is 0 Å². The Balaban J connectivity index is 2.11. The van der Waals surface area contributed by atoms with Crippen LogP contribution in [0.15, 0.2) is 0 Å². The topological polar surface area (TPSA) is 81.1 Å². The molecule has 2 aliphatic rings. The van der Waals surface area contributed by atoms with Crippen LogP contribution in [0, 0.1) is 11.8 Å². The zero-order chi connectivity index (χ0) is 13.5. The summed E-state index contributed by atoms with van der Waals surface area (Å²) in [5, 5.41) is 18.9. The number of hydrogen-bond donors (Lipinski definition) is 2. The molecule has 4 atom stereocenters. The maximum absolute atomic E-state index is 12.4. The fraction of sp³-hybridized carbons (Fsp3) is 1.00. The predicted molar refractivity (Wildman–Crippen MR) is 67.0 cm³/mol. The minimum atomic E-state index is -3.55. The zero-order valence-electron chi connectivity index (χ0n) is 10.9. The van der Waals surface area contributed by atoms with E-state index in [4.69, 9.17) is 0 Å². The molecule has 0 spiro atoms. The molecule has 0 aliphatic carbocycles. The van der Waals surface area contributed by atoms with Crippen molar-refractivity contribution in [3.05, 3.63) is 0 Å². The van der Waals surface area contributed by atoms with Gasteiger partial charge in [0.1, 0.15) is 0 Å². The predicted octanol–water partition coefficient (Wildman–Crippen LogP) is -0.753. The normalized spacial score (nSPS) is 40.2. The van der Waals surface area contributed by atoms with Crippen molar-refractivity contribution in [2.45, 2.75) is 32.5 Å². The largest absolute Gasteiger partial charge is 0.389 e. The number of piperidine rings is 1.